The first-order valence-electron chi connectivity index (χ1n) is 4.38. The van der Waals surface area contributed by atoms with E-state index in [1.165, 1.54) is 0 Å². The van der Waals surface area contributed by atoms with Crippen molar-refractivity contribution < 1.29 is 27.2 Å². The maximum absolute atomic E-state index is 11.3. The topological polar surface area (TPSA) is 93.1 Å². The van der Waals surface area contributed by atoms with Crippen molar-refractivity contribution in [2.75, 3.05) is 26.5 Å². The number of carbonyl (C=O) groups excluding carboxylic acids is 1. The van der Waals surface area contributed by atoms with Crippen LogP contribution in [0.5, 0.6) is 0 Å². The smallest absolute Gasteiger partial charge is 0.385 e. The van der Waals surface area contributed by atoms with Gasteiger partial charge in [0.15, 0.2) is 0 Å². The molecule has 0 aliphatic heterocycles. The zero-order valence-corrected chi connectivity index (χ0v) is 9.49. The highest BCUT2D eigenvalue weighted by Gasteiger charge is 2.24. The zero-order valence-electron chi connectivity index (χ0n) is 8.67. The van der Waals surface area contributed by atoms with Gasteiger partial charge in [0.25, 0.3) is 0 Å². The van der Waals surface area contributed by atoms with Crippen LogP contribution in [-0.2, 0) is 24.0 Å². The third-order valence-corrected chi connectivity index (χ3v) is 2.83. The first-order chi connectivity index (χ1) is 6.97. The van der Waals surface area contributed by atoms with Crippen molar-refractivity contribution in [2.45, 2.75) is 13.8 Å². The summed E-state index contributed by atoms with van der Waals surface area (Å²) in [5.41, 5.74) is 0. The van der Waals surface area contributed by atoms with Crippen molar-refractivity contribution in [2.24, 2.45) is 0 Å². The molecular formula is C7H15NO6S. The Bertz CT molecular complexity index is 288. The number of carbonyl (C=O) groups is 1. The van der Waals surface area contributed by atoms with Crippen LogP contribution in [0, 0.1) is 0 Å². The quantitative estimate of drug-likeness (QED) is 0.579. The predicted molar refractivity (Wildman–Crippen MR) is 51.0 cm³/mol. The van der Waals surface area contributed by atoms with E-state index in [1.807, 2.05) is 0 Å². The van der Waals surface area contributed by atoms with Gasteiger partial charge in [0.2, 0.25) is 0 Å². The second kappa shape index (κ2) is 6.72. The van der Waals surface area contributed by atoms with Gasteiger partial charge in [-0.1, -0.05) is 6.92 Å². The minimum absolute atomic E-state index is 0.112. The average molecular weight is 241 g/mol. The number of nitrogens with zero attached hydrogens (tertiary/aromatic N) is 1. The summed E-state index contributed by atoms with van der Waals surface area (Å²) in [6, 6.07) is 0. The largest absolute Gasteiger partial charge is 0.389 e. The van der Waals surface area contributed by atoms with Crippen LogP contribution in [0.25, 0.3) is 0 Å². The molecular weight excluding hydrogens is 226 g/mol. The van der Waals surface area contributed by atoms with E-state index in [9.17, 15) is 13.2 Å². The lowest BCUT2D eigenvalue weighted by molar-refractivity contribution is -0.137. The molecule has 0 spiro atoms. The molecule has 0 amide bonds. The van der Waals surface area contributed by atoms with Crippen molar-refractivity contribution in [3.63, 3.8) is 0 Å². The highest BCUT2D eigenvalue weighted by molar-refractivity contribution is 7.84. The van der Waals surface area contributed by atoms with E-state index in [0.717, 1.165) is 4.31 Å². The Morgan fingerprint density at radius 2 is 2.00 bits per heavy atom. The van der Waals surface area contributed by atoms with Gasteiger partial charge in [-0.05, 0) is 6.92 Å². The van der Waals surface area contributed by atoms with Crippen molar-refractivity contribution in [3.05, 3.63) is 0 Å². The Kier molecular flexibility index (Phi) is 6.41. The van der Waals surface area contributed by atoms with Gasteiger partial charge < -0.3 is 14.0 Å². The van der Waals surface area contributed by atoms with E-state index in [1.54, 1.807) is 13.8 Å². The average Bonchev–Trinajstić information content (AvgIpc) is 2.17. The lowest BCUT2D eigenvalue weighted by Gasteiger charge is -2.18. The number of hydrogen-bond acceptors (Lipinski definition) is 6. The van der Waals surface area contributed by atoms with Gasteiger partial charge in [0, 0.05) is 13.2 Å². The van der Waals surface area contributed by atoms with Crippen LogP contribution in [0.2, 0.25) is 0 Å². The summed E-state index contributed by atoms with van der Waals surface area (Å²) in [5.74, 6) is -1.22. The third-order valence-electron chi connectivity index (χ3n) is 1.44. The monoisotopic (exact) mass is 241 g/mol. The molecule has 0 aliphatic carbocycles. The summed E-state index contributed by atoms with van der Waals surface area (Å²) in [6.07, 6.45) is 0. The maximum atomic E-state index is 11.3. The molecule has 0 fully saturated rings. The standard InChI is InChI=1S/C7H15NO6S/c1-3-8(6-13-4-2)15(11,12)14-7(10)5-9/h9H,3-6H2,1-2H3. The molecule has 0 atom stereocenters. The maximum Gasteiger partial charge on any atom is 0.389 e. The van der Waals surface area contributed by atoms with Crippen LogP contribution in [0.15, 0.2) is 0 Å². The highest BCUT2D eigenvalue weighted by atomic mass is 32.2. The molecule has 0 rings (SSSR count). The van der Waals surface area contributed by atoms with Crippen molar-refractivity contribution >= 4 is 16.3 Å². The van der Waals surface area contributed by atoms with E-state index in [-0.39, 0.29) is 13.3 Å². The molecule has 0 bridgehead atoms. The molecule has 0 unspecified atom stereocenters. The van der Waals surface area contributed by atoms with E-state index < -0.39 is 22.9 Å². The first kappa shape index (κ1) is 14.3. The molecule has 0 aromatic carbocycles. The fourth-order valence-corrected chi connectivity index (χ4v) is 1.62. The Balaban J connectivity index is 4.45. The summed E-state index contributed by atoms with van der Waals surface area (Å²) < 4.78 is 32.4. The number of hydrogen-bond donors (Lipinski definition) is 1. The Morgan fingerprint density at radius 1 is 1.40 bits per heavy atom. The molecule has 7 nitrogen and oxygen atoms in total. The molecule has 0 aliphatic rings. The van der Waals surface area contributed by atoms with Crippen LogP contribution in [0.1, 0.15) is 13.8 Å². The van der Waals surface area contributed by atoms with E-state index in [4.69, 9.17) is 9.84 Å². The summed E-state index contributed by atoms with van der Waals surface area (Å²) in [5, 5.41) is 8.34. The van der Waals surface area contributed by atoms with Gasteiger partial charge in [-0.15, -0.1) is 4.31 Å². The lowest BCUT2D eigenvalue weighted by Crippen LogP contribution is -2.36. The molecule has 15 heavy (non-hydrogen) atoms. The SMILES string of the molecule is CCOCN(CC)S(=O)(=O)OC(=O)CO. The van der Waals surface area contributed by atoms with Crippen molar-refractivity contribution in [3.8, 4) is 0 Å². The van der Waals surface area contributed by atoms with Gasteiger partial charge in [-0.2, -0.15) is 8.42 Å². The summed E-state index contributed by atoms with van der Waals surface area (Å²) in [7, 11) is -4.16. The van der Waals surface area contributed by atoms with Gasteiger partial charge >= 0.3 is 16.3 Å². The molecule has 8 heteroatoms. The molecule has 90 valence electrons. The second-order valence-corrected chi connectivity index (χ2v) is 4.00. The summed E-state index contributed by atoms with van der Waals surface area (Å²) >= 11 is 0. The van der Waals surface area contributed by atoms with Crippen LogP contribution in [0.4, 0.5) is 0 Å². The van der Waals surface area contributed by atoms with E-state index >= 15 is 0 Å². The molecule has 0 aromatic heterocycles. The number of aliphatic hydroxyl groups is 1. The van der Waals surface area contributed by atoms with Crippen molar-refractivity contribution in [1.82, 2.24) is 4.31 Å². The summed E-state index contributed by atoms with van der Waals surface area (Å²) in [6.45, 7) is 2.57. The lowest BCUT2D eigenvalue weighted by atomic mass is 10.8. The highest BCUT2D eigenvalue weighted by Crippen LogP contribution is 2.03. The minimum atomic E-state index is -4.16. The number of rotatable bonds is 7. The molecule has 1 N–H and O–H groups in total. The Morgan fingerprint density at radius 3 is 2.40 bits per heavy atom. The third kappa shape index (κ3) is 5.07. The number of ether oxygens (including phenoxy) is 1. The zero-order chi connectivity index (χ0) is 11.9. The fraction of sp³-hybridized carbons (Fsp3) is 0.857. The molecule has 0 heterocycles. The van der Waals surface area contributed by atoms with E-state index in [0.29, 0.717) is 6.61 Å². The van der Waals surface area contributed by atoms with Gasteiger partial charge in [-0.3, -0.25) is 0 Å². The normalized spacial score (nSPS) is 11.7. The van der Waals surface area contributed by atoms with Crippen LogP contribution >= 0.6 is 0 Å². The van der Waals surface area contributed by atoms with E-state index in [2.05, 4.69) is 4.18 Å². The minimum Gasteiger partial charge on any atom is -0.385 e. The van der Waals surface area contributed by atoms with Crippen LogP contribution in [-0.4, -0.2) is 50.3 Å². The number of aliphatic hydroxyl groups excluding tert-OH is 1. The van der Waals surface area contributed by atoms with Crippen LogP contribution < -0.4 is 0 Å². The second-order valence-electron chi connectivity index (χ2n) is 2.46. The Hall–Kier alpha value is -0.700. The first-order valence-corrected chi connectivity index (χ1v) is 5.75. The Labute approximate surface area is 88.8 Å². The molecule has 0 aromatic rings. The molecule has 0 radical (unpaired) electrons. The molecule has 0 saturated carbocycles. The molecule has 0 saturated heterocycles. The van der Waals surface area contributed by atoms with Crippen molar-refractivity contribution in [1.29, 1.82) is 0 Å². The van der Waals surface area contributed by atoms with Gasteiger partial charge in [-0.25, -0.2) is 4.79 Å². The van der Waals surface area contributed by atoms with Gasteiger partial charge in [0.05, 0.1) is 0 Å². The fourth-order valence-electron chi connectivity index (χ4n) is 0.704. The van der Waals surface area contributed by atoms with Crippen LogP contribution in [0.3, 0.4) is 0 Å². The van der Waals surface area contributed by atoms with Gasteiger partial charge in [0.1, 0.15) is 13.3 Å². The summed E-state index contributed by atoms with van der Waals surface area (Å²) in [4.78, 5) is 10.6. The predicted octanol–water partition coefficient (Wildman–Crippen LogP) is -0.917.